The monoisotopic (exact) mass is 348 g/mol. The lowest BCUT2D eigenvalue weighted by atomic mass is 10.1. The molecule has 0 bridgehead atoms. The fourth-order valence-electron chi connectivity index (χ4n) is 1.65. The molecule has 1 fully saturated rings. The van der Waals surface area contributed by atoms with Crippen molar-refractivity contribution < 1.29 is 23.5 Å². The molecule has 0 aliphatic heterocycles. The molecular weight excluding hydrogens is 338 g/mol. The molecule has 1 aromatic rings. The Bertz CT molecular complexity index is 576. The number of anilines is 1. The second-order valence-electron chi connectivity index (χ2n) is 4.64. The maximum absolute atomic E-state index is 13.5. The molecule has 0 unspecified atom stereocenters. The molecule has 1 saturated carbocycles. The number of carbonyl (C=O) groups excluding carboxylic acids is 1. The summed E-state index contributed by atoms with van der Waals surface area (Å²) in [5, 5.41) is 13.4. The molecule has 8 heteroatoms. The Kier molecular flexibility index (Phi) is 3.94. The number of amides is 2. The molecule has 0 spiro atoms. The van der Waals surface area contributed by atoms with Crippen molar-refractivity contribution in [3.63, 3.8) is 0 Å². The number of hydrogen-bond acceptors (Lipinski definition) is 2. The third kappa shape index (κ3) is 3.06. The second-order valence-corrected chi connectivity index (χ2v) is 5.49. The predicted molar refractivity (Wildman–Crippen MR) is 70.4 cm³/mol. The zero-order chi connectivity index (χ0) is 14.9. The van der Waals surface area contributed by atoms with E-state index in [1.807, 2.05) is 0 Å². The Labute approximate surface area is 121 Å². The second kappa shape index (κ2) is 5.35. The van der Waals surface area contributed by atoms with E-state index in [1.165, 1.54) is 0 Å². The summed E-state index contributed by atoms with van der Waals surface area (Å²) in [4.78, 5) is 22.4. The highest BCUT2D eigenvalue weighted by Crippen LogP contribution is 2.45. The van der Waals surface area contributed by atoms with Crippen molar-refractivity contribution >= 4 is 33.6 Å². The number of benzene rings is 1. The predicted octanol–water partition coefficient (Wildman–Crippen LogP) is 2.71. The summed E-state index contributed by atoms with van der Waals surface area (Å²) >= 11 is 2.82. The van der Waals surface area contributed by atoms with Gasteiger partial charge in [-0.2, -0.15) is 0 Å². The van der Waals surface area contributed by atoms with Crippen LogP contribution in [0, 0.1) is 17.0 Å². The fourth-order valence-corrected chi connectivity index (χ4v) is 1.97. The molecule has 20 heavy (non-hydrogen) atoms. The lowest BCUT2D eigenvalue weighted by molar-refractivity contribution is -0.143. The van der Waals surface area contributed by atoms with Crippen molar-refractivity contribution in [1.29, 1.82) is 0 Å². The van der Waals surface area contributed by atoms with E-state index in [1.54, 1.807) is 0 Å². The van der Waals surface area contributed by atoms with Gasteiger partial charge in [0.25, 0.3) is 0 Å². The molecule has 5 nitrogen and oxygen atoms in total. The van der Waals surface area contributed by atoms with Crippen molar-refractivity contribution in [2.24, 2.45) is 5.41 Å². The summed E-state index contributed by atoms with van der Waals surface area (Å²) in [5.41, 5.74) is -1.23. The Morgan fingerprint density at radius 1 is 1.30 bits per heavy atom. The average molecular weight is 349 g/mol. The maximum Gasteiger partial charge on any atom is 0.319 e. The highest BCUT2D eigenvalue weighted by Gasteiger charge is 2.50. The molecule has 0 radical (unpaired) electrons. The van der Waals surface area contributed by atoms with Crippen molar-refractivity contribution in [1.82, 2.24) is 5.32 Å². The third-order valence-corrected chi connectivity index (χ3v) is 3.76. The molecule has 0 aromatic heterocycles. The van der Waals surface area contributed by atoms with Crippen LogP contribution in [0.4, 0.5) is 19.3 Å². The van der Waals surface area contributed by atoms with Crippen LogP contribution in [0.15, 0.2) is 16.6 Å². The number of carbonyl (C=O) groups is 2. The van der Waals surface area contributed by atoms with Gasteiger partial charge in [-0.15, -0.1) is 0 Å². The molecule has 1 aliphatic rings. The van der Waals surface area contributed by atoms with Crippen molar-refractivity contribution in [3.05, 3.63) is 28.2 Å². The van der Waals surface area contributed by atoms with Gasteiger partial charge in [0.15, 0.2) is 0 Å². The summed E-state index contributed by atoms with van der Waals surface area (Å²) in [6, 6.07) is 0.950. The first-order chi connectivity index (χ1) is 9.34. The Balaban J connectivity index is 1.95. The summed E-state index contributed by atoms with van der Waals surface area (Å²) in [6.45, 7) is -0.0468. The van der Waals surface area contributed by atoms with Crippen LogP contribution in [-0.2, 0) is 4.79 Å². The quantitative estimate of drug-likeness (QED) is 0.732. The van der Waals surface area contributed by atoms with E-state index in [-0.39, 0.29) is 16.7 Å². The SMILES string of the molecule is O=C(NCC1(C(=O)O)CC1)Nc1cc(F)c(Br)cc1F. The van der Waals surface area contributed by atoms with Crippen molar-refractivity contribution in [2.45, 2.75) is 12.8 Å². The average Bonchev–Trinajstić information content (AvgIpc) is 3.15. The maximum atomic E-state index is 13.5. The van der Waals surface area contributed by atoms with Gasteiger partial charge in [-0.25, -0.2) is 13.6 Å². The van der Waals surface area contributed by atoms with Gasteiger partial charge in [0.05, 0.1) is 15.6 Å². The van der Waals surface area contributed by atoms with Crippen LogP contribution in [-0.4, -0.2) is 23.7 Å². The van der Waals surface area contributed by atoms with Crippen LogP contribution in [0.1, 0.15) is 12.8 Å². The zero-order valence-corrected chi connectivity index (χ0v) is 11.8. The Hall–Kier alpha value is -1.70. The summed E-state index contributed by atoms with van der Waals surface area (Å²) in [6.07, 6.45) is 0.980. The molecule has 108 valence electrons. The Morgan fingerprint density at radius 3 is 2.50 bits per heavy atom. The van der Waals surface area contributed by atoms with E-state index >= 15 is 0 Å². The fraction of sp³-hybridized carbons (Fsp3) is 0.333. The largest absolute Gasteiger partial charge is 0.481 e. The third-order valence-electron chi connectivity index (χ3n) is 3.15. The minimum absolute atomic E-state index is 0.0468. The lowest BCUT2D eigenvalue weighted by Gasteiger charge is -2.12. The van der Waals surface area contributed by atoms with E-state index in [4.69, 9.17) is 5.11 Å². The number of halogens is 3. The highest BCUT2D eigenvalue weighted by atomic mass is 79.9. The van der Waals surface area contributed by atoms with Crippen molar-refractivity contribution in [3.8, 4) is 0 Å². The van der Waals surface area contributed by atoms with E-state index in [2.05, 4.69) is 26.6 Å². The van der Waals surface area contributed by atoms with Gasteiger partial charge in [0.2, 0.25) is 0 Å². The highest BCUT2D eigenvalue weighted by molar-refractivity contribution is 9.10. The van der Waals surface area contributed by atoms with E-state index < -0.39 is 29.0 Å². The normalized spacial score (nSPS) is 15.6. The molecule has 3 N–H and O–H groups in total. The van der Waals surface area contributed by atoms with Gasteiger partial charge >= 0.3 is 12.0 Å². The number of nitrogens with one attached hydrogen (secondary N) is 2. The first kappa shape index (κ1) is 14.7. The van der Waals surface area contributed by atoms with E-state index in [0.717, 1.165) is 12.1 Å². The molecule has 1 aliphatic carbocycles. The van der Waals surface area contributed by atoms with Crippen LogP contribution in [0.25, 0.3) is 0 Å². The van der Waals surface area contributed by atoms with Crippen LogP contribution in [0.3, 0.4) is 0 Å². The summed E-state index contributed by atoms with van der Waals surface area (Å²) < 4.78 is 26.7. The first-order valence-electron chi connectivity index (χ1n) is 5.77. The van der Waals surface area contributed by atoms with Gasteiger partial charge in [-0.05, 0) is 34.8 Å². The number of rotatable bonds is 4. The summed E-state index contributed by atoms with van der Waals surface area (Å²) in [5.74, 6) is -2.49. The number of aliphatic carboxylic acids is 1. The van der Waals surface area contributed by atoms with Gasteiger partial charge in [-0.1, -0.05) is 0 Å². The van der Waals surface area contributed by atoms with Gasteiger partial charge in [-0.3, -0.25) is 4.79 Å². The van der Waals surface area contributed by atoms with Gasteiger partial charge in [0.1, 0.15) is 11.6 Å². The van der Waals surface area contributed by atoms with Gasteiger partial charge < -0.3 is 15.7 Å². The minimum Gasteiger partial charge on any atom is -0.481 e. The topological polar surface area (TPSA) is 78.4 Å². The summed E-state index contributed by atoms with van der Waals surface area (Å²) in [7, 11) is 0. The number of carboxylic acids is 1. The molecule has 2 amide bonds. The van der Waals surface area contributed by atoms with Crippen LogP contribution in [0.2, 0.25) is 0 Å². The molecule has 0 saturated heterocycles. The van der Waals surface area contributed by atoms with Crippen LogP contribution in [0.5, 0.6) is 0 Å². The van der Waals surface area contributed by atoms with Crippen LogP contribution < -0.4 is 10.6 Å². The standard InChI is InChI=1S/C12H11BrF2N2O3/c13-6-3-8(15)9(4-7(6)14)17-11(20)16-5-12(1-2-12)10(18)19/h3-4H,1-2,5H2,(H,18,19)(H2,16,17,20). The molecule has 0 heterocycles. The molecule has 2 rings (SSSR count). The number of urea groups is 1. The van der Waals surface area contributed by atoms with Crippen molar-refractivity contribution in [2.75, 3.05) is 11.9 Å². The molecular formula is C12H11BrF2N2O3. The zero-order valence-electron chi connectivity index (χ0n) is 10.2. The van der Waals surface area contributed by atoms with E-state index in [0.29, 0.717) is 12.8 Å². The Morgan fingerprint density at radius 2 is 1.95 bits per heavy atom. The van der Waals surface area contributed by atoms with E-state index in [9.17, 15) is 18.4 Å². The molecule has 1 aromatic carbocycles. The number of hydrogen-bond donors (Lipinski definition) is 3. The number of carboxylic acid groups (broad SMARTS) is 1. The molecule has 0 atom stereocenters. The van der Waals surface area contributed by atoms with Gasteiger partial charge in [0, 0.05) is 12.6 Å². The first-order valence-corrected chi connectivity index (χ1v) is 6.56. The lowest BCUT2D eigenvalue weighted by Crippen LogP contribution is -2.37. The van der Waals surface area contributed by atoms with Crippen LogP contribution >= 0.6 is 15.9 Å². The smallest absolute Gasteiger partial charge is 0.319 e. The minimum atomic E-state index is -0.973.